The molecule has 2 aliphatic rings. The van der Waals surface area contributed by atoms with E-state index in [1.54, 1.807) is 0 Å². The number of rotatable bonds is 1. The predicted molar refractivity (Wildman–Crippen MR) is 52.2 cm³/mol. The summed E-state index contributed by atoms with van der Waals surface area (Å²) in [6.07, 6.45) is 8.75. The lowest BCUT2D eigenvalue weighted by Gasteiger charge is -2.28. The number of hydrogen-bond donors (Lipinski definition) is 1. The normalized spacial score (nSPS) is 34.2. The van der Waals surface area contributed by atoms with E-state index in [9.17, 15) is 0 Å². The average molecular weight is 167 g/mol. The van der Waals surface area contributed by atoms with Gasteiger partial charge in [0.25, 0.3) is 0 Å². The van der Waals surface area contributed by atoms with E-state index in [4.69, 9.17) is 0 Å². The molecule has 0 aromatic carbocycles. The first-order valence-electron chi connectivity index (χ1n) is 5.58. The van der Waals surface area contributed by atoms with E-state index >= 15 is 0 Å². The summed E-state index contributed by atoms with van der Waals surface area (Å²) in [5, 5.41) is 3.60. The molecule has 0 aromatic heterocycles. The molecular weight excluding hydrogens is 146 g/mol. The van der Waals surface area contributed by atoms with E-state index in [1.165, 1.54) is 51.6 Å². The van der Waals surface area contributed by atoms with E-state index in [1.807, 2.05) is 0 Å². The third kappa shape index (κ3) is 1.52. The molecule has 12 heavy (non-hydrogen) atoms. The summed E-state index contributed by atoms with van der Waals surface area (Å²) in [4.78, 5) is 0. The largest absolute Gasteiger partial charge is 0.316 e. The van der Waals surface area contributed by atoms with E-state index in [0.29, 0.717) is 0 Å². The van der Waals surface area contributed by atoms with Crippen molar-refractivity contribution in [2.75, 3.05) is 13.1 Å². The Morgan fingerprint density at radius 1 is 1.33 bits per heavy atom. The Labute approximate surface area is 75.9 Å². The van der Waals surface area contributed by atoms with E-state index in [2.05, 4.69) is 12.2 Å². The van der Waals surface area contributed by atoms with Gasteiger partial charge in [0.1, 0.15) is 0 Å². The van der Waals surface area contributed by atoms with Crippen LogP contribution < -0.4 is 5.32 Å². The standard InChI is InChI=1S/C11H21N/c1-2-10-5-3-4-8-12-9-11(10)6-7-11/h10,12H,2-9H2,1H3. The lowest BCUT2D eigenvalue weighted by Crippen LogP contribution is -2.32. The van der Waals surface area contributed by atoms with Gasteiger partial charge in [-0.25, -0.2) is 0 Å². The minimum absolute atomic E-state index is 0.759. The van der Waals surface area contributed by atoms with E-state index in [-0.39, 0.29) is 0 Å². The molecule has 70 valence electrons. The topological polar surface area (TPSA) is 12.0 Å². The molecule has 0 radical (unpaired) electrons. The molecule has 1 atom stereocenters. The van der Waals surface area contributed by atoms with Crippen molar-refractivity contribution in [1.29, 1.82) is 0 Å². The van der Waals surface area contributed by atoms with Crippen molar-refractivity contribution in [1.82, 2.24) is 5.32 Å². The van der Waals surface area contributed by atoms with Gasteiger partial charge in [0.05, 0.1) is 0 Å². The Bertz CT molecular complexity index is 149. The highest BCUT2D eigenvalue weighted by molar-refractivity contribution is 5.00. The molecule has 1 N–H and O–H groups in total. The second kappa shape index (κ2) is 3.37. The quantitative estimate of drug-likeness (QED) is 0.633. The van der Waals surface area contributed by atoms with Gasteiger partial charge >= 0.3 is 0 Å². The first kappa shape index (κ1) is 8.55. The van der Waals surface area contributed by atoms with Crippen LogP contribution in [0.2, 0.25) is 0 Å². The van der Waals surface area contributed by atoms with Gasteiger partial charge in [-0.1, -0.05) is 19.8 Å². The van der Waals surface area contributed by atoms with Crippen molar-refractivity contribution in [2.24, 2.45) is 11.3 Å². The summed E-state index contributed by atoms with van der Waals surface area (Å²) >= 11 is 0. The second-order valence-corrected chi connectivity index (χ2v) is 4.64. The lowest BCUT2D eigenvalue weighted by molar-refractivity contribution is 0.245. The molecule has 1 spiro atoms. The molecule has 0 bridgehead atoms. The van der Waals surface area contributed by atoms with Crippen LogP contribution >= 0.6 is 0 Å². The molecule has 1 unspecified atom stereocenters. The molecule has 1 saturated carbocycles. The van der Waals surface area contributed by atoms with E-state index in [0.717, 1.165) is 11.3 Å². The van der Waals surface area contributed by atoms with Crippen LogP contribution in [0.5, 0.6) is 0 Å². The summed E-state index contributed by atoms with van der Waals surface area (Å²) in [7, 11) is 0. The van der Waals surface area contributed by atoms with Crippen molar-refractivity contribution in [2.45, 2.75) is 45.4 Å². The predicted octanol–water partition coefficient (Wildman–Crippen LogP) is 2.57. The molecule has 0 aromatic rings. The van der Waals surface area contributed by atoms with Crippen LogP contribution in [0, 0.1) is 11.3 Å². The SMILES string of the molecule is CCC1CCCCNCC12CC2. The average Bonchev–Trinajstić information content (AvgIpc) is 2.80. The van der Waals surface area contributed by atoms with Crippen LogP contribution in [-0.4, -0.2) is 13.1 Å². The molecule has 1 saturated heterocycles. The fourth-order valence-electron chi connectivity index (χ4n) is 2.81. The molecular formula is C11H21N. The van der Waals surface area contributed by atoms with Crippen molar-refractivity contribution in [3.05, 3.63) is 0 Å². The van der Waals surface area contributed by atoms with Crippen LogP contribution in [0.15, 0.2) is 0 Å². The zero-order chi connectivity index (χ0) is 8.44. The molecule has 1 aliphatic carbocycles. The minimum Gasteiger partial charge on any atom is -0.316 e. The highest BCUT2D eigenvalue weighted by atomic mass is 14.9. The van der Waals surface area contributed by atoms with Crippen LogP contribution in [0.25, 0.3) is 0 Å². The summed E-state index contributed by atoms with van der Waals surface area (Å²) in [5.41, 5.74) is 0.759. The van der Waals surface area contributed by atoms with Crippen molar-refractivity contribution >= 4 is 0 Å². The first-order valence-corrected chi connectivity index (χ1v) is 5.58. The van der Waals surface area contributed by atoms with E-state index < -0.39 is 0 Å². The van der Waals surface area contributed by atoms with Gasteiger partial charge in [-0.15, -0.1) is 0 Å². The summed E-state index contributed by atoms with van der Waals surface area (Å²) in [5.74, 6) is 1.03. The van der Waals surface area contributed by atoms with Crippen LogP contribution in [-0.2, 0) is 0 Å². The first-order chi connectivity index (χ1) is 5.87. The summed E-state index contributed by atoms with van der Waals surface area (Å²) in [6, 6.07) is 0. The maximum absolute atomic E-state index is 3.60. The zero-order valence-electron chi connectivity index (χ0n) is 8.23. The molecule has 2 rings (SSSR count). The van der Waals surface area contributed by atoms with Crippen LogP contribution in [0.4, 0.5) is 0 Å². The molecule has 2 fully saturated rings. The molecule has 1 heteroatoms. The summed E-state index contributed by atoms with van der Waals surface area (Å²) < 4.78 is 0. The highest BCUT2D eigenvalue weighted by Crippen LogP contribution is 2.54. The second-order valence-electron chi connectivity index (χ2n) is 4.64. The van der Waals surface area contributed by atoms with Crippen molar-refractivity contribution < 1.29 is 0 Å². The Kier molecular flexibility index (Phi) is 2.40. The van der Waals surface area contributed by atoms with Gasteiger partial charge in [-0.2, -0.15) is 0 Å². The number of hydrogen-bond acceptors (Lipinski definition) is 1. The zero-order valence-corrected chi connectivity index (χ0v) is 8.23. The Hall–Kier alpha value is -0.0400. The monoisotopic (exact) mass is 167 g/mol. The minimum atomic E-state index is 0.759. The Morgan fingerprint density at radius 2 is 2.17 bits per heavy atom. The third-order valence-corrected chi connectivity index (χ3v) is 3.88. The van der Waals surface area contributed by atoms with Gasteiger partial charge in [-0.05, 0) is 43.6 Å². The maximum atomic E-state index is 3.60. The molecule has 1 heterocycles. The van der Waals surface area contributed by atoms with Gasteiger partial charge in [0.15, 0.2) is 0 Å². The fourth-order valence-corrected chi connectivity index (χ4v) is 2.81. The molecule has 0 amide bonds. The van der Waals surface area contributed by atoms with Gasteiger partial charge < -0.3 is 5.32 Å². The third-order valence-electron chi connectivity index (χ3n) is 3.88. The van der Waals surface area contributed by atoms with Crippen molar-refractivity contribution in [3.63, 3.8) is 0 Å². The fraction of sp³-hybridized carbons (Fsp3) is 1.00. The smallest absolute Gasteiger partial charge is 0.00105 e. The van der Waals surface area contributed by atoms with Gasteiger partial charge in [-0.3, -0.25) is 0 Å². The summed E-state index contributed by atoms with van der Waals surface area (Å²) in [6.45, 7) is 4.94. The van der Waals surface area contributed by atoms with Crippen LogP contribution in [0.1, 0.15) is 45.4 Å². The Morgan fingerprint density at radius 3 is 2.83 bits per heavy atom. The Balaban J connectivity index is 1.96. The highest BCUT2D eigenvalue weighted by Gasteiger charge is 2.47. The van der Waals surface area contributed by atoms with Crippen molar-refractivity contribution in [3.8, 4) is 0 Å². The van der Waals surface area contributed by atoms with Gasteiger partial charge in [0, 0.05) is 6.54 Å². The lowest BCUT2D eigenvalue weighted by atomic mass is 9.82. The molecule has 1 nitrogen and oxygen atoms in total. The maximum Gasteiger partial charge on any atom is 0.00105 e. The molecule has 1 aliphatic heterocycles. The van der Waals surface area contributed by atoms with Crippen LogP contribution in [0.3, 0.4) is 0 Å². The number of nitrogens with one attached hydrogen (secondary N) is 1. The van der Waals surface area contributed by atoms with Gasteiger partial charge in [0.2, 0.25) is 0 Å².